The average Bonchev–Trinajstić information content (AvgIpc) is 2.64. The summed E-state index contributed by atoms with van der Waals surface area (Å²) in [6, 6.07) is 11.5. The monoisotopic (exact) mass is 434 g/mol. The molecule has 0 atom stereocenters. The van der Waals surface area contributed by atoms with Crippen molar-refractivity contribution in [1.29, 1.82) is 0 Å². The number of aryl methyl sites for hydroxylation is 2. The largest absolute Gasteiger partial charge is 0.490 e. The molecule has 0 heterocycles. The van der Waals surface area contributed by atoms with E-state index >= 15 is 0 Å². The predicted octanol–water partition coefficient (Wildman–Crippen LogP) is 2.55. The second-order valence-corrected chi connectivity index (χ2v) is 8.51. The highest BCUT2D eigenvalue weighted by Crippen LogP contribution is 2.16. The molecule has 0 spiro atoms. The van der Waals surface area contributed by atoms with Crippen molar-refractivity contribution in [2.24, 2.45) is 0 Å². The van der Waals surface area contributed by atoms with E-state index in [9.17, 15) is 18.0 Å². The van der Waals surface area contributed by atoms with Crippen molar-refractivity contribution in [2.45, 2.75) is 32.1 Å². The highest BCUT2D eigenvalue weighted by Gasteiger charge is 2.14. The number of benzene rings is 2. The van der Waals surface area contributed by atoms with E-state index in [2.05, 4.69) is 10.0 Å². The van der Waals surface area contributed by atoms with Crippen LogP contribution in [-0.4, -0.2) is 40.1 Å². The van der Waals surface area contributed by atoms with Crippen LogP contribution in [0.4, 0.5) is 5.69 Å². The Balaban J connectivity index is 1.70. The summed E-state index contributed by atoms with van der Waals surface area (Å²) in [7, 11) is -3.77. The normalized spacial score (nSPS) is 11.0. The molecule has 2 aromatic rings. The Hall–Kier alpha value is -2.91. The molecule has 8 nitrogen and oxygen atoms in total. The van der Waals surface area contributed by atoms with Crippen molar-refractivity contribution in [3.05, 3.63) is 53.6 Å². The number of amides is 1. The van der Waals surface area contributed by atoms with Gasteiger partial charge in [0, 0.05) is 19.2 Å². The number of carbonyl (C=O) groups is 2. The summed E-state index contributed by atoms with van der Waals surface area (Å²) in [4.78, 5) is 22.8. The number of nitrogens with one attached hydrogen (secondary N) is 2. The third kappa shape index (κ3) is 7.84. The molecule has 2 aromatic carbocycles. The molecule has 0 fully saturated rings. The summed E-state index contributed by atoms with van der Waals surface area (Å²) in [5, 5.41) is 2.56. The molecule has 0 aliphatic rings. The molecule has 9 heteroatoms. The molecule has 0 unspecified atom stereocenters. The summed E-state index contributed by atoms with van der Waals surface area (Å²) >= 11 is 0. The van der Waals surface area contributed by atoms with E-state index < -0.39 is 16.0 Å². The molecule has 2 N–H and O–H groups in total. The van der Waals surface area contributed by atoms with E-state index in [1.807, 2.05) is 32.0 Å². The molecule has 2 rings (SSSR count). The second-order valence-electron chi connectivity index (χ2n) is 6.75. The zero-order valence-corrected chi connectivity index (χ0v) is 18.0. The zero-order chi connectivity index (χ0) is 22.1. The van der Waals surface area contributed by atoms with E-state index in [4.69, 9.17) is 9.47 Å². The van der Waals surface area contributed by atoms with Gasteiger partial charge in [0.05, 0.1) is 11.3 Å². The maximum absolute atomic E-state index is 12.2. The van der Waals surface area contributed by atoms with Gasteiger partial charge in [0.15, 0.2) is 0 Å². The maximum Gasteiger partial charge on any atom is 0.307 e. The van der Waals surface area contributed by atoms with Crippen molar-refractivity contribution < 1.29 is 27.5 Å². The van der Waals surface area contributed by atoms with Crippen LogP contribution in [0.2, 0.25) is 0 Å². The molecule has 0 aromatic heterocycles. The van der Waals surface area contributed by atoms with E-state index in [1.165, 1.54) is 31.2 Å². The van der Waals surface area contributed by atoms with Crippen molar-refractivity contribution in [1.82, 2.24) is 4.72 Å². The molecule has 0 bridgehead atoms. The van der Waals surface area contributed by atoms with E-state index in [0.29, 0.717) is 11.4 Å². The standard InChI is InChI=1S/C21H26N2O6S/c1-15-12-16(2)14-19(13-15)28-10-11-29-21(25)8-9-22-30(26,27)20-6-4-18(5-7-20)23-17(3)24/h4-7,12-14,22H,8-11H2,1-3H3,(H,23,24). The fraction of sp³-hybridized carbons (Fsp3) is 0.333. The summed E-state index contributed by atoms with van der Waals surface area (Å²) in [5.41, 5.74) is 2.66. The van der Waals surface area contributed by atoms with Gasteiger partial charge in [0.25, 0.3) is 0 Å². The minimum absolute atomic E-state index is 0.0341. The Morgan fingerprint density at radius 1 is 0.967 bits per heavy atom. The van der Waals surface area contributed by atoms with Gasteiger partial charge in [-0.25, -0.2) is 13.1 Å². The fourth-order valence-corrected chi connectivity index (χ4v) is 3.73. The van der Waals surface area contributed by atoms with Gasteiger partial charge in [-0.2, -0.15) is 0 Å². The minimum atomic E-state index is -3.77. The average molecular weight is 435 g/mol. The third-order valence-corrected chi connectivity index (χ3v) is 5.39. The van der Waals surface area contributed by atoms with Crippen LogP contribution in [0.25, 0.3) is 0 Å². The first-order valence-corrected chi connectivity index (χ1v) is 10.9. The Labute approximate surface area is 176 Å². The lowest BCUT2D eigenvalue weighted by molar-refractivity contribution is -0.144. The Morgan fingerprint density at radius 3 is 2.20 bits per heavy atom. The van der Waals surface area contributed by atoms with Crippen LogP contribution in [0.15, 0.2) is 47.4 Å². The molecule has 0 aliphatic carbocycles. The Kier molecular flexibility index (Phi) is 8.37. The topological polar surface area (TPSA) is 111 Å². The molecular weight excluding hydrogens is 408 g/mol. The van der Waals surface area contributed by atoms with Gasteiger partial charge in [-0.1, -0.05) is 6.07 Å². The molecule has 0 aliphatic heterocycles. The number of sulfonamides is 1. The highest BCUT2D eigenvalue weighted by atomic mass is 32.2. The van der Waals surface area contributed by atoms with Crippen LogP contribution in [-0.2, 0) is 24.3 Å². The first kappa shape index (κ1) is 23.4. The number of carbonyl (C=O) groups excluding carboxylic acids is 2. The molecule has 162 valence electrons. The van der Waals surface area contributed by atoms with Crippen molar-refractivity contribution in [3.63, 3.8) is 0 Å². The molecule has 30 heavy (non-hydrogen) atoms. The number of esters is 1. The second kappa shape index (κ2) is 10.7. The summed E-state index contributed by atoms with van der Waals surface area (Å²) in [5.74, 6) is -0.0646. The minimum Gasteiger partial charge on any atom is -0.490 e. The van der Waals surface area contributed by atoms with Crippen LogP contribution < -0.4 is 14.8 Å². The first-order chi connectivity index (χ1) is 14.2. The van der Waals surface area contributed by atoms with Crippen LogP contribution in [0.5, 0.6) is 5.75 Å². The van der Waals surface area contributed by atoms with Gasteiger partial charge in [-0.05, 0) is 61.4 Å². The smallest absolute Gasteiger partial charge is 0.307 e. The highest BCUT2D eigenvalue weighted by molar-refractivity contribution is 7.89. The third-order valence-electron chi connectivity index (χ3n) is 3.92. The fourth-order valence-electron chi connectivity index (χ4n) is 2.69. The van der Waals surface area contributed by atoms with E-state index in [1.54, 1.807) is 0 Å². The summed E-state index contributed by atoms with van der Waals surface area (Å²) < 4.78 is 37.5. The van der Waals surface area contributed by atoms with E-state index in [-0.39, 0.29) is 37.0 Å². The lowest BCUT2D eigenvalue weighted by Crippen LogP contribution is -2.27. The van der Waals surface area contributed by atoms with Crippen molar-refractivity contribution in [3.8, 4) is 5.75 Å². The van der Waals surface area contributed by atoms with Crippen LogP contribution in [0, 0.1) is 13.8 Å². The van der Waals surface area contributed by atoms with Gasteiger partial charge in [0.1, 0.15) is 19.0 Å². The first-order valence-electron chi connectivity index (χ1n) is 9.40. The van der Waals surface area contributed by atoms with Gasteiger partial charge in [-0.15, -0.1) is 0 Å². The van der Waals surface area contributed by atoms with E-state index in [0.717, 1.165) is 11.1 Å². The molecule has 0 saturated carbocycles. The number of hydrogen-bond donors (Lipinski definition) is 2. The van der Waals surface area contributed by atoms with Crippen molar-refractivity contribution in [2.75, 3.05) is 25.1 Å². The maximum atomic E-state index is 12.2. The number of anilines is 1. The molecule has 0 radical (unpaired) electrons. The summed E-state index contributed by atoms with van der Waals surface area (Å²) in [6.07, 6.45) is -0.104. The number of ether oxygens (including phenoxy) is 2. The SMILES string of the molecule is CC(=O)Nc1ccc(S(=O)(=O)NCCC(=O)OCCOc2cc(C)cc(C)c2)cc1. The van der Waals surface area contributed by atoms with Crippen LogP contribution in [0.1, 0.15) is 24.5 Å². The van der Waals surface area contributed by atoms with Crippen molar-refractivity contribution >= 4 is 27.6 Å². The molecular formula is C21H26N2O6S. The van der Waals surface area contributed by atoms with Gasteiger partial charge in [0.2, 0.25) is 15.9 Å². The number of hydrogen-bond acceptors (Lipinski definition) is 6. The van der Waals surface area contributed by atoms with Gasteiger partial charge < -0.3 is 14.8 Å². The number of rotatable bonds is 10. The van der Waals surface area contributed by atoms with Crippen LogP contribution >= 0.6 is 0 Å². The quantitative estimate of drug-likeness (QED) is 0.439. The Bertz CT molecular complexity index is 967. The predicted molar refractivity (Wildman–Crippen MR) is 113 cm³/mol. The zero-order valence-electron chi connectivity index (χ0n) is 17.2. The Morgan fingerprint density at radius 2 is 1.60 bits per heavy atom. The summed E-state index contributed by atoms with van der Waals surface area (Å²) in [6.45, 7) is 5.49. The van der Waals surface area contributed by atoms with Crippen LogP contribution in [0.3, 0.4) is 0 Å². The lowest BCUT2D eigenvalue weighted by atomic mass is 10.1. The molecule has 1 amide bonds. The van der Waals surface area contributed by atoms with Gasteiger partial charge >= 0.3 is 5.97 Å². The molecule has 0 saturated heterocycles. The van der Waals surface area contributed by atoms with Gasteiger partial charge in [-0.3, -0.25) is 9.59 Å². The lowest BCUT2D eigenvalue weighted by Gasteiger charge is -2.10.